The van der Waals surface area contributed by atoms with Gasteiger partial charge in [-0.2, -0.15) is 0 Å². The first-order valence-electron chi connectivity index (χ1n) is 16.9. The lowest BCUT2D eigenvalue weighted by molar-refractivity contribution is -0.190. The third-order valence-electron chi connectivity index (χ3n) is 8.72. The van der Waals surface area contributed by atoms with Gasteiger partial charge in [-0.3, -0.25) is 4.79 Å². The zero-order valence-electron chi connectivity index (χ0n) is 26.4. The van der Waals surface area contributed by atoms with E-state index in [1.807, 2.05) is 0 Å². The molecule has 0 heterocycles. The Morgan fingerprint density at radius 3 is 1.48 bits per heavy atom. The van der Waals surface area contributed by atoms with Crippen LogP contribution < -0.4 is 10.6 Å². The minimum atomic E-state index is -1.71. The van der Waals surface area contributed by atoms with E-state index in [0.29, 0.717) is 12.8 Å². The molecular formula is C32H64N2O8. The van der Waals surface area contributed by atoms with Crippen LogP contribution in [0, 0.1) is 0 Å². The first-order chi connectivity index (χ1) is 20.1. The molecule has 10 heteroatoms. The second-order valence-corrected chi connectivity index (χ2v) is 12.5. The van der Waals surface area contributed by atoms with Crippen molar-refractivity contribution in [3.63, 3.8) is 0 Å². The molecular weight excluding hydrogens is 540 g/mol. The molecule has 10 nitrogen and oxygen atoms in total. The average molecular weight is 605 g/mol. The van der Waals surface area contributed by atoms with E-state index in [2.05, 4.69) is 24.5 Å². The Labute approximate surface area is 254 Å². The highest BCUT2D eigenvalue weighted by Gasteiger charge is 2.48. The van der Waals surface area contributed by atoms with Crippen molar-refractivity contribution in [3.8, 4) is 0 Å². The molecule has 0 radical (unpaired) electrons. The summed E-state index contributed by atoms with van der Waals surface area (Å²) >= 11 is 0. The minimum absolute atomic E-state index is 0.132. The first kappa shape index (κ1) is 39.2. The smallest absolute Gasteiger partial charge is 0.220 e. The molecule has 0 bridgehead atoms. The molecule has 0 aliphatic heterocycles. The maximum atomic E-state index is 12.7. The van der Waals surface area contributed by atoms with E-state index in [9.17, 15) is 40.5 Å². The largest absolute Gasteiger partial charge is 0.390 e. The van der Waals surface area contributed by atoms with E-state index >= 15 is 0 Å². The number of hydrogen-bond donors (Lipinski definition) is 9. The van der Waals surface area contributed by atoms with Crippen LogP contribution in [0.3, 0.4) is 0 Å². The molecule has 1 amide bonds. The highest BCUT2D eigenvalue weighted by molar-refractivity contribution is 5.76. The topological polar surface area (TPSA) is 183 Å². The summed E-state index contributed by atoms with van der Waals surface area (Å²) < 4.78 is 0. The maximum absolute atomic E-state index is 12.7. The average Bonchev–Trinajstić information content (AvgIpc) is 2.98. The van der Waals surface area contributed by atoms with Gasteiger partial charge in [-0.1, -0.05) is 117 Å². The van der Waals surface area contributed by atoms with Crippen molar-refractivity contribution in [2.45, 2.75) is 191 Å². The van der Waals surface area contributed by atoms with Crippen molar-refractivity contribution in [1.82, 2.24) is 10.6 Å². The number of rotatable bonds is 25. The van der Waals surface area contributed by atoms with Crippen LogP contribution in [0.5, 0.6) is 0 Å². The van der Waals surface area contributed by atoms with Crippen molar-refractivity contribution >= 4 is 5.91 Å². The standard InChI is InChI=1S/C32H64N2O8/c1-3-5-7-9-10-11-12-13-14-15-17-18-20-24(35)27(37)23(34-25(36)21-19-16-8-6-4-2)22-33-26-28(38)30(40)32(42)31(41)29(26)39/h23-24,26-33,35,37-42H,3-22H2,1-2H3,(H,34,36)/t23-,24+,26-,27-,28-,29+,30+,31-,32-/m0/s1. The lowest BCUT2D eigenvalue weighted by Crippen LogP contribution is -2.69. The van der Waals surface area contributed by atoms with Gasteiger partial charge in [0, 0.05) is 13.0 Å². The molecule has 1 aliphatic carbocycles. The van der Waals surface area contributed by atoms with Gasteiger partial charge in [0.2, 0.25) is 5.91 Å². The quantitative estimate of drug-likeness (QED) is 0.0707. The number of carbonyl (C=O) groups excluding carboxylic acids is 1. The van der Waals surface area contributed by atoms with E-state index in [1.54, 1.807) is 0 Å². The minimum Gasteiger partial charge on any atom is -0.390 e. The van der Waals surface area contributed by atoms with Crippen molar-refractivity contribution in [2.75, 3.05) is 6.54 Å². The third kappa shape index (κ3) is 15.2. The predicted molar refractivity (Wildman–Crippen MR) is 165 cm³/mol. The SMILES string of the molecule is CCCCCCCCCCCCCC[C@@H](O)[C@@H](O)[C@H](CN[C@H]1[C@H](O)[C@@H](O)[C@H](O)[C@@H](O)[C@@H]1O)NC(=O)CCCCCCC. The summed E-state index contributed by atoms with van der Waals surface area (Å²) in [6, 6.07) is -2.14. The molecule has 1 fully saturated rings. The van der Waals surface area contributed by atoms with E-state index in [0.717, 1.165) is 51.4 Å². The summed E-state index contributed by atoms with van der Waals surface area (Å²) in [5.74, 6) is -0.268. The lowest BCUT2D eigenvalue weighted by Gasteiger charge is -2.43. The summed E-state index contributed by atoms with van der Waals surface area (Å²) in [7, 11) is 0. The molecule has 250 valence electrons. The van der Waals surface area contributed by atoms with Crippen LogP contribution in [0.25, 0.3) is 0 Å². The van der Waals surface area contributed by atoms with E-state index < -0.39 is 54.8 Å². The summed E-state index contributed by atoms with van der Waals surface area (Å²) in [6.45, 7) is 4.22. The molecule has 1 aliphatic rings. The van der Waals surface area contributed by atoms with Crippen LogP contribution in [0.1, 0.15) is 136 Å². The molecule has 9 N–H and O–H groups in total. The molecule has 0 aromatic rings. The Kier molecular flexibility index (Phi) is 21.9. The monoisotopic (exact) mass is 604 g/mol. The van der Waals surface area contributed by atoms with Gasteiger partial charge in [-0.25, -0.2) is 0 Å². The summed E-state index contributed by atoms with van der Waals surface area (Å²) in [5.41, 5.74) is 0. The fourth-order valence-corrected chi connectivity index (χ4v) is 5.80. The van der Waals surface area contributed by atoms with Crippen LogP contribution in [-0.2, 0) is 4.79 Å². The zero-order valence-corrected chi connectivity index (χ0v) is 26.4. The summed E-state index contributed by atoms with van der Waals surface area (Å²) in [6.07, 6.45) is 9.21. The van der Waals surface area contributed by atoms with Gasteiger partial charge in [-0.05, 0) is 12.8 Å². The van der Waals surface area contributed by atoms with Crippen molar-refractivity contribution in [2.24, 2.45) is 0 Å². The fourth-order valence-electron chi connectivity index (χ4n) is 5.80. The van der Waals surface area contributed by atoms with Crippen LogP contribution in [0.2, 0.25) is 0 Å². The molecule has 1 saturated carbocycles. The van der Waals surface area contributed by atoms with Gasteiger partial charge in [0.15, 0.2) is 0 Å². The Morgan fingerprint density at radius 2 is 1.00 bits per heavy atom. The Morgan fingerprint density at radius 1 is 0.595 bits per heavy atom. The first-order valence-corrected chi connectivity index (χ1v) is 16.9. The van der Waals surface area contributed by atoms with Gasteiger partial charge in [0.05, 0.1) is 18.2 Å². The zero-order chi connectivity index (χ0) is 31.3. The number of unbranched alkanes of at least 4 members (excludes halogenated alkanes) is 15. The number of amides is 1. The summed E-state index contributed by atoms with van der Waals surface area (Å²) in [5, 5.41) is 78.0. The van der Waals surface area contributed by atoms with Gasteiger partial charge >= 0.3 is 0 Å². The number of hydrogen-bond acceptors (Lipinski definition) is 9. The molecule has 42 heavy (non-hydrogen) atoms. The molecule has 0 unspecified atom stereocenters. The second kappa shape index (κ2) is 23.5. The number of aliphatic hydroxyl groups excluding tert-OH is 7. The van der Waals surface area contributed by atoms with Crippen molar-refractivity contribution in [3.05, 3.63) is 0 Å². The van der Waals surface area contributed by atoms with Crippen LogP contribution in [0.4, 0.5) is 0 Å². The molecule has 0 spiro atoms. The highest BCUT2D eigenvalue weighted by Crippen LogP contribution is 2.22. The summed E-state index contributed by atoms with van der Waals surface area (Å²) in [4.78, 5) is 12.7. The van der Waals surface area contributed by atoms with Crippen molar-refractivity contribution in [1.29, 1.82) is 0 Å². The van der Waals surface area contributed by atoms with Gasteiger partial charge in [-0.15, -0.1) is 0 Å². The van der Waals surface area contributed by atoms with Gasteiger partial charge in [0.25, 0.3) is 0 Å². The second-order valence-electron chi connectivity index (χ2n) is 12.5. The van der Waals surface area contributed by atoms with Crippen LogP contribution in [-0.4, -0.2) is 103 Å². The van der Waals surface area contributed by atoms with Crippen LogP contribution >= 0.6 is 0 Å². The maximum Gasteiger partial charge on any atom is 0.220 e. The van der Waals surface area contributed by atoms with Crippen molar-refractivity contribution < 1.29 is 40.5 Å². The highest BCUT2D eigenvalue weighted by atomic mass is 16.4. The van der Waals surface area contributed by atoms with Gasteiger partial charge < -0.3 is 46.4 Å². The predicted octanol–water partition coefficient (Wildman–Crippen LogP) is 2.42. The molecule has 1 rings (SSSR count). The Balaban J connectivity index is 2.54. The molecule has 0 saturated heterocycles. The molecule has 0 aromatic carbocycles. The fraction of sp³-hybridized carbons (Fsp3) is 0.969. The number of carbonyl (C=O) groups is 1. The Bertz CT molecular complexity index is 656. The van der Waals surface area contributed by atoms with Crippen LogP contribution in [0.15, 0.2) is 0 Å². The lowest BCUT2D eigenvalue weighted by atomic mass is 9.83. The number of nitrogens with one attached hydrogen (secondary N) is 2. The van der Waals surface area contributed by atoms with Gasteiger partial charge in [0.1, 0.15) is 36.6 Å². The van der Waals surface area contributed by atoms with E-state index in [1.165, 1.54) is 51.4 Å². The molecule has 9 atom stereocenters. The molecule has 0 aromatic heterocycles. The number of aliphatic hydroxyl groups is 7. The Hall–Kier alpha value is -0.850. The third-order valence-corrected chi connectivity index (χ3v) is 8.72. The normalized spacial score (nSPS) is 26.6. The van der Waals surface area contributed by atoms with E-state index in [4.69, 9.17) is 0 Å². The van der Waals surface area contributed by atoms with E-state index in [-0.39, 0.29) is 18.9 Å².